The molecule has 0 fully saturated rings. The molecule has 1 atom stereocenters. The number of aliphatic hydroxyl groups is 1. The van der Waals surface area contributed by atoms with Crippen molar-refractivity contribution in [2.24, 2.45) is 0 Å². The van der Waals surface area contributed by atoms with Crippen LogP contribution in [-0.4, -0.2) is 33.0 Å². The molecule has 2 heterocycles. The summed E-state index contributed by atoms with van der Waals surface area (Å²) in [7, 11) is 0. The van der Waals surface area contributed by atoms with Crippen molar-refractivity contribution in [1.82, 2.24) is 14.7 Å². The summed E-state index contributed by atoms with van der Waals surface area (Å²) in [6.45, 7) is 2.12. The molecule has 0 aliphatic carbocycles. The summed E-state index contributed by atoms with van der Waals surface area (Å²) in [6, 6.07) is 5.57. The maximum Gasteiger partial charge on any atom is 0.271 e. The Hall–Kier alpha value is -1.88. The van der Waals surface area contributed by atoms with Crippen LogP contribution < -0.4 is 5.32 Å². The average Bonchev–Trinajstić information content (AvgIpc) is 2.79. The number of aromatic nitrogens is 2. The first-order chi connectivity index (χ1) is 8.20. The number of nitrogens with zero attached hydrogens (tertiary/aromatic N) is 2. The molecule has 2 N–H and O–H groups in total. The maximum absolute atomic E-state index is 11.7. The zero-order chi connectivity index (χ0) is 12.3. The van der Waals surface area contributed by atoms with Crippen LogP contribution in [0, 0.1) is 0 Å². The van der Waals surface area contributed by atoms with E-state index in [9.17, 15) is 9.90 Å². The van der Waals surface area contributed by atoms with Crippen LogP contribution in [0.4, 0.5) is 0 Å². The van der Waals surface area contributed by atoms with Crippen molar-refractivity contribution in [3.05, 3.63) is 36.3 Å². The van der Waals surface area contributed by atoms with Crippen LogP contribution in [0.2, 0.25) is 0 Å². The van der Waals surface area contributed by atoms with Crippen LogP contribution in [0.3, 0.4) is 0 Å². The van der Waals surface area contributed by atoms with E-state index < -0.39 is 6.10 Å². The Bertz CT molecular complexity index is 488. The largest absolute Gasteiger partial charge is 0.391 e. The van der Waals surface area contributed by atoms with Crippen molar-refractivity contribution in [2.75, 3.05) is 6.54 Å². The number of hydrogen-bond acceptors (Lipinski definition) is 3. The second kappa shape index (κ2) is 4.97. The fourth-order valence-electron chi connectivity index (χ4n) is 1.49. The predicted octanol–water partition coefficient (Wildman–Crippen LogP) is 0.835. The molecule has 5 heteroatoms. The minimum absolute atomic E-state index is 0.253. The van der Waals surface area contributed by atoms with Crippen molar-refractivity contribution < 1.29 is 9.90 Å². The average molecular weight is 233 g/mol. The summed E-state index contributed by atoms with van der Waals surface area (Å²) in [4.78, 5) is 15.9. The molecule has 0 bridgehead atoms. The summed E-state index contributed by atoms with van der Waals surface area (Å²) in [5, 5.41) is 12.0. The Morgan fingerprint density at radius 2 is 2.41 bits per heavy atom. The molecule has 0 radical (unpaired) electrons. The predicted molar refractivity (Wildman–Crippen MR) is 63.8 cm³/mol. The third-order valence-electron chi connectivity index (χ3n) is 2.57. The third kappa shape index (κ3) is 2.62. The Kier molecular flexibility index (Phi) is 3.39. The van der Waals surface area contributed by atoms with E-state index in [1.807, 2.05) is 31.3 Å². The quantitative estimate of drug-likeness (QED) is 0.822. The molecule has 5 nitrogen and oxygen atoms in total. The van der Waals surface area contributed by atoms with Crippen LogP contribution in [0.5, 0.6) is 0 Å². The number of amides is 1. The Balaban J connectivity index is 2.08. The number of pyridine rings is 1. The first-order valence-corrected chi connectivity index (χ1v) is 5.60. The van der Waals surface area contributed by atoms with Gasteiger partial charge in [0.2, 0.25) is 0 Å². The molecule has 0 aliphatic rings. The van der Waals surface area contributed by atoms with Gasteiger partial charge in [-0.3, -0.25) is 4.79 Å². The van der Waals surface area contributed by atoms with E-state index in [-0.39, 0.29) is 12.5 Å². The van der Waals surface area contributed by atoms with Gasteiger partial charge in [-0.25, -0.2) is 4.98 Å². The number of carbonyl (C=O) groups excluding carboxylic acids is 1. The molecule has 2 rings (SSSR count). The molecule has 0 spiro atoms. The Labute approximate surface area is 99.1 Å². The molecule has 2 aromatic rings. The van der Waals surface area contributed by atoms with Gasteiger partial charge in [0, 0.05) is 18.9 Å². The van der Waals surface area contributed by atoms with Crippen LogP contribution in [0.1, 0.15) is 23.8 Å². The summed E-state index contributed by atoms with van der Waals surface area (Å²) >= 11 is 0. The van der Waals surface area contributed by atoms with Gasteiger partial charge in [-0.05, 0) is 18.6 Å². The highest BCUT2D eigenvalue weighted by molar-refractivity contribution is 5.92. The fraction of sp³-hybridized carbons (Fsp3) is 0.333. The summed E-state index contributed by atoms with van der Waals surface area (Å²) < 4.78 is 1.78. The van der Waals surface area contributed by atoms with Gasteiger partial charge < -0.3 is 14.8 Å². The van der Waals surface area contributed by atoms with Gasteiger partial charge in [0.25, 0.3) is 5.91 Å². The molecular formula is C12H15N3O2. The molecule has 0 aliphatic heterocycles. The van der Waals surface area contributed by atoms with Gasteiger partial charge in [-0.1, -0.05) is 13.0 Å². The lowest BCUT2D eigenvalue weighted by atomic mass is 10.3. The van der Waals surface area contributed by atoms with Gasteiger partial charge in [-0.15, -0.1) is 0 Å². The van der Waals surface area contributed by atoms with Crippen molar-refractivity contribution in [1.29, 1.82) is 0 Å². The first-order valence-electron chi connectivity index (χ1n) is 5.60. The van der Waals surface area contributed by atoms with Crippen molar-refractivity contribution in [2.45, 2.75) is 19.4 Å². The molecule has 1 amide bonds. The molecule has 90 valence electrons. The topological polar surface area (TPSA) is 66.6 Å². The summed E-state index contributed by atoms with van der Waals surface area (Å²) in [5.41, 5.74) is 1.09. The van der Waals surface area contributed by atoms with Gasteiger partial charge in [0.1, 0.15) is 11.3 Å². The van der Waals surface area contributed by atoms with Crippen molar-refractivity contribution in [3.63, 3.8) is 0 Å². The SMILES string of the molecule is CCC(O)CNC(=O)c1cn2ccccc2n1. The highest BCUT2D eigenvalue weighted by Gasteiger charge is 2.11. The number of rotatable bonds is 4. The zero-order valence-electron chi connectivity index (χ0n) is 9.63. The molecule has 0 aromatic carbocycles. The minimum Gasteiger partial charge on any atom is -0.391 e. The number of carbonyl (C=O) groups is 1. The highest BCUT2D eigenvalue weighted by Crippen LogP contribution is 2.04. The lowest BCUT2D eigenvalue weighted by molar-refractivity contribution is 0.0909. The van der Waals surface area contributed by atoms with E-state index in [2.05, 4.69) is 10.3 Å². The van der Waals surface area contributed by atoms with E-state index >= 15 is 0 Å². The van der Waals surface area contributed by atoms with Crippen LogP contribution in [-0.2, 0) is 0 Å². The van der Waals surface area contributed by atoms with Crippen LogP contribution >= 0.6 is 0 Å². The first kappa shape index (κ1) is 11.6. The Morgan fingerprint density at radius 3 is 3.12 bits per heavy atom. The normalized spacial score (nSPS) is 12.6. The minimum atomic E-state index is -0.504. The van der Waals surface area contributed by atoms with E-state index in [1.165, 1.54) is 0 Å². The van der Waals surface area contributed by atoms with Crippen molar-refractivity contribution in [3.8, 4) is 0 Å². The van der Waals surface area contributed by atoms with Crippen LogP contribution in [0.15, 0.2) is 30.6 Å². The number of hydrogen-bond donors (Lipinski definition) is 2. The van der Waals surface area contributed by atoms with Gasteiger partial charge in [-0.2, -0.15) is 0 Å². The molecule has 1 unspecified atom stereocenters. The standard InChI is InChI=1S/C12H15N3O2/c1-2-9(16)7-13-12(17)10-8-15-6-4-3-5-11(15)14-10/h3-6,8-9,16H,2,7H2,1H3,(H,13,17). The zero-order valence-corrected chi connectivity index (χ0v) is 9.63. The number of fused-ring (bicyclic) bond motifs is 1. The van der Waals surface area contributed by atoms with Gasteiger partial charge >= 0.3 is 0 Å². The van der Waals surface area contributed by atoms with E-state index in [4.69, 9.17) is 0 Å². The fourth-order valence-corrected chi connectivity index (χ4v) is 1.49. The van der Waals surface area contributed by atoms with Gasteiger partial charge in [0.15, 0.2) is 0 Å². The monoisotopic (exact) mass is 233 g/mol. The second-order valence-corrected chi connectivity index (χ2v) is 3.86. The van der Waals surface area contributed by atoms with E-state index in [0.29, 0.717) is 12.1 Å². The lowest BCUT2D eigenvalue weighted by Crippen LogP contribution is -2.31. The second-order valence-electron chi connectivity index (χ2n) is 3.86. The lowest BCUT2D eigenvalue weighted by Gasteiger charge is -2.07. The summed E-state index contributed by atoms with van der Waals surface area (Å²) in [6.07, 6.45) is 3.62. The third-order valence-corrected chi connectivity index (χ3v) is 2.57. The number of imidazole rings is 1. The maximum atomic E-state index is 11.7. The van der Waals surface area contributed by atoms with E-state index in [0.717, 1.165) is 5.65 Å². The molecular weight excluding hydrogens is 218 g/mol. The molecule has 0 saturated heterocycles. The molecule has 2 aromatic heterocycles. The number of aliphatic hydroxyl groups excluding tert-OH is 1. The summed E-state index contributed by atoms with van der Waals surface area (Å²) in [5.74, 6) is -0.263. The van der Waals surface area contributed by atoms with Gasteiger partial charge in [0.05, 0.1) is 6.10 Å². The van der Waals surface area contributed by atoms with Crippen LogP contribution in [0.25, 0.3) is 5.65 Å². The Morgan fingerprint density at radius 1 is 1.59 bits per heavy atom. The number of nitrogens with one attached hydrogen (secondary N) is 1. The van der Waals surface area contributed by atoms with Crippen molar-refractivity contribution >= 4 is 11.6 Å². The van der Waals surface area contributed by atoms with E-state index in [1.54, 1.807) is 10.6 Å². The molecule has 0 saturated carbocycles. The smallest absolute Gasteiger partial charge is 0.271 e. The molecule has 17 heavy (non-hydrogen) atoms. The highest BCUT2D eigenvalue weighted by atomic mass is 16.3.